The number of nitrogens with zero attached hydrogens (tertiary/aromatic N) is 1. The van der Waals surface area contributed by atoms with Gasteiger partial charge in [-0.15, -0.1) is 0 Å². The van der Waals surface area contributed by atoms with Crippen LogP contribution in [0.2, 0.25) is 0 Å². The Morgan fingerprint density at radius 1 is 1.33 bits per heavy atom. The van der Waals surface area contributed by atoms with Crippen LogP contribution >= 0.6 is 22.6 Å². The number of anilines is 1. The minimum atomic E-state index is 0.581. The van der Waals surface area contributed by atoms with Crippen molar-refractivity contribution < 1.29 is 0 Å². The van der Waals surface area contributed by atoms with E-state index in [0.29, 0.717) is 12.1 Å². The number of rotatable bonds is 1. The fraction of sp³-hybridized carbons (Fsp3) is 0.500. The highest BCUT2D eigenvalue weighted by Crippen LogP contribution is 2.25. The van der Waals surface area contributed by atoms with E-state index in [4.69, 9.17) is 0 Å². The van der Waals surface area contributed by atoms with E-state index in [9.17, 15) is 0 Å². The van der Waals surface area contributed by atoms with Crippen LogP contribution in [-0.4, -0.2) is 25.2 Å². The molecule has 0 saturated carbocycles. The van der Waals surface area contributed by atoms with E-state index < -0.39 is 0 Å². The summed E-state index contributed by atoms with van der Waals surface area (Å²) in [5.74, 6) is 0. The summed E-state index contributed by atoms with van der Waals surface area (Å²) in [5, 5.41) is 3.51. The van der Waals surface area contributed by atoms with Crippen molar-refractivity contribution >= 4 is 28.3 Å². The number of nitrogens with one attached hydrogen (secondary N) is 1. The lowest BCUT2D eigenvalue weighted by molar-refractivity contribution is 0.425. The highest BCUT2D eigenvalue weighted by molar-refractivity contribution is 14.1. The molecule has 1 aliphatic rings. The van der Waals surface area contributed by atoms with Gasteiger partial charge in [0.05, 0.1) is 5.69 Å². The third-order valence-electron chi connectivity index (χ3n) is 2.93. The summed E-state index contributed by atoms with van der Waals surface area (Å²) >= 11 is 2.42. The van der Waals surface area contributed by atoms with E-state index in [-0.39, 0.29) is 0 Å². The molecule has 1 fully saturated rings. The van der Waals surface area contributed by atoms with Gasteiger partial charge in [-0.25, -0.2) is 0 Å². The standard InChI is InChI=1S/C12H17IN2/c1-9-8-15(10(2)7-14-9)12-6-4-3-5-11(12)13/h3-6,9-10,14H,7-8H2,1-2H3. The fourth-order valence-electron chi connectivity index (χ4n) is 2.04. The zero-order chi connectivity index (χ0) is 10.8. The number of benzene rings is 1. The number of piperazine rings is 1. The Hall–Kier alpha value is -0.290. The summed E-state index contributed by atoms with van der Waals surface area (Å²) in [6.07, 6.45) is 0. The van der Waals surface area contributed by atoms with Gasteiger partial charge >= 0.3 is 0 Å². The maximum Gasteiger partial charge on any atom is 0.0505 e. The monoisotopic (exact) mass is 316 g/mol. The Morgan fingerprint density at radius 2 is 2.07 bits per heavy atom. The van der Waals surface area contributed by atoms with Crippen LogP contribution in [0.25, 0.3) is 0 Å². The van der Waals surface area contributed by atoms with Crippen molar-refractivity contribution in [1.82, 2.24) is 5.32 Å². The smallest absolute Gasteiger partial charge is 0.0505 e. The molecule has 0 bridgehead atoms. The van der Waals surface area contributed by atoms with Crippen molar-refractivity contribution in [2.45, 2.75) is 25.9 Å². The molecule has 0 aromatic heterocycles. The van der Waals surface area contributed by atoms with Crippen LogP contribution in [0.3, 0.4) is 0 Å². The summed E-state index contributed by atoms with van der Waals surface area (Å²) in [7, 11) is 0. The lowest BCUT2D eigenvalue weighted by Gasteiger charge is -2.39. The topological polar surface area (TPSA) is 15.3 Å². The van der Waals surface area contributed by atoms with Crippen LogP contribution in [0.5, 0.6) is 0 Å². The van der Waals surface area contributed by atoms with Crippen LogP contribution in [0, 0.1) is 3.57 Å². The minimum Gasteiger partial charge on any atom is -0.365 e. The quantitative estimate of drug-likeness (QED) is 0.801. The summed E-state index contributed by atoms with van der Waals surface area (Å²) in [6, 6.07) is 9.78. The summed E-state index contributed by atoms with van der Waals surface area (Å²) in [6.45, 7) is 6.70. The van der Waals surface area contributed by atoms with Gasteiger partial charge in [-0.2, -0.15) is 0 Å². The van der Waals surface area contributed by atoms with E-state index in [2.05, 4.69) is 70.9 Å². The van der Waals surface area contributed by atoms with Crippen LogP contribution in [-0.2, 0) is 0 Å². The average Bonchev–Trinajstić information content (AvgIpc) is 2.23. The van der Waals surface area contributed by atoms with Gasteiger partial charge in [0.1, 0.15) is 0 Å². The van der Waals surface area contributed by atoms with Gasteiger partial charge in [0.25, 0.3) is 0 Å². The predicted octanol–water partition coefficient (Wildman–Crippen LogP) is 2.48. The highest BCUT2D eigenvalue weighted by Gasteiger charge is 2.23. The molecule has 2 unspecified atom stereocenters. The second kappa shape index (κ2) is 4.70. The van der Waals surface area contributed by atoms with Crippen molar-refractivity contribution in [2.75, 3.05) is 18.0 Å². The summed E-state index contributed by atoms with van der Waals surface area (Å²) in [5.41, 5.74) is 1.37. The van der Waals surface area contributed by atoms with E-state index in [1.165, 1.54) is 9.26 Å². The second-order valence-electron chi connectivity index (χ2n) is 4.26. The molecule has 1 aliphatic heterocycles. The van der Waals surface area contributed by atoms with Gasteiger partial charge in [0.15, 0.2) is 0 Å². The number of para-hydroxylation sites is 1. The molecule has 0 radical (unpaired) electrons. The first kappa shape index (κ1) is 11.2. The third-order valence-corrected chi connectivity index (χ3v) is 3.84. The molecule has 3 heteroatoms. The molecule has 1 aromatic rings. The molecule has 0 aliphatic carbocycles. The van der Waals surface area contributed by atoms with Gasteiger partial charge in [-0.05, 0) is 48.6 Å². The fourth-order valence-corrected chi connectivity index (χ4v) is 2.74. The Labute approximate surface area is 105 Å². The van der Waals surface area contributed by atoms with Crippen molar-refractivity contribution in [1.29, 1.82) is 0 Å². The zero-order valence-corrected chi connectivity index (χ0v) is 11.4. The van der Waals surface area contributed by atoms with E-state index >= 15 is 0 Å². The lowest BCUT2D eigenvalue weighted by atomic mass is 10.1. The minimum absolute atomic E-state index is 0.581. The Bertz CT molecular complexity index is 340. The molecule has 2 nitrogen and oxygen atoms in total. The molecule has 82 valence electrons. The molecule has 0 spiro atoms. The maximum atomic E-state index is 3.51. The first-order valence-electron chi connectivity index (χ1n) is 5.43. The van der Waals surface area contributed by atoms with E-state index in [0.717, 1.165) is 13.1 Å². The molecule has 0 amide bonds. The predicted molar refractivity (Wildman–Crippen MR) is 73.4 cm³/mol. The van der Waals surface area contributed by atoms with E-state index in [1.807, 2.05) is 0 Å². The highest BCUT2D eigenvalue weighted by atomic mass is 127. The number of halogens is 1. The van der Waals surface area contributed by atoms with Crippen molar-refractivity contribution in [3.63, 3.8) is 0 Å². The third kappa shape index (κ3) is 2.45. The van der Waals surface area contributed by atoms with E-state index in [1.54, 1.807) is 0 Å². The van der Waals surface area contributed by atoms with Gasteiger partial charge in [-0.3, -0.25) is 0 Å². The van der Waals surface area contributed by atoms with Crippen LogP contribution in [0.4, 0.5) is 5.69 Å². The van der Waals surface area contributed by atoms with Gasteiger partial charge in [0.2, 0.25) is 0 Å². The largest absolute Gasteiger partial charge is 0.365 e. The van der Waals surface area contributed by atoms with Crippen LogP contribution < -0.4 is 10.2 Å². The first-order chi connectivity index (χ1) is 7.18. The Kier molecular flexibility index (Phi) is 3.51. The summed E-state index contributed by atoms with van der Waals surface area (Å²) < 4.78 is 1.34. The molecule has 1 N–H and O–H groups in total. The van der Waals surface area contributed by atoms with Crippen molar-refractivity contribution in [3.05, 3.63) is 27.8 Å². The Morgan fingerprint density at radius 3 is 2.80 bits per heavy atom. The van der Waals surface area contributed by atoms with Gasteiger partial charge < -0.3 is 10.2 Å². The van der Waals surface area contributed by atoms with Gasteiger partial charge in [-0.1, -0.05) is 12.1 Å². The van der Waals surface area contributed by atoms with Crippen LogP contribution in [0.15, 0.2) is 24.3 Å². The molecule has 15 heavy (non-hydrogen) atoms. The van der Waals surface area contributed by atoms with Gasteiger partial charge in [0, 0.05) is 28.7 Å². The molecular weight excluding hydrogens is 299 g/mol. The molecule has 1 aromatic carbocycles. The Balaban J connectivity index is 2.25. The van der Waals surface area contributed by atoms with Crippen molar-refractivity contribution in [3.8, 4) is 0 Å². The zero-order valence-electron chi connectivity index (χ0n) is 9.20. The SMILES string of the molecule is CC1CN(c2ccccc2I)C(C)CN1. The molecule has 2 rings (SSSR count). The van der Waals surface area contributed by atoms with Crippen molar-refractivity contribution in [2.24, 2.45) is 0 Å². The molecule has 1 saturated heterocycles. The lowest BCUT2D eigenvalue weighted by Crippen LogP contribution is -2.54. The average molecular weight is 316 g/mol. The normalized spacial score (nSPS) is 26.7. The first-order valence-corrected chi connectivity index (χ1v) is 6.51. The molecule has 1 heterocycles. The molecule has 2 atom stereocenters. The number of hydrogen-bond acceptors (Lipinski definition) is 2. The maximum absolute atomic E-state index is 3.51. The molecular formula is C12H17IN2. The summed E-state index contributed by atoms with van der Waals surface area (Å²) in [4.78, 5) is 2.50. The number of hydrogen-bond donors (Lipinski definition) is 1. The van der Waals surface area contributed by atoms with Crippen LogP contribution in [0.1, 0.15) is 13.8 Å². The second-order valence-corrected chi connectivity index (χ2v) is 5.42.